The molecule has 148 valence electrons. The fourth-order valence-electron chi connectivity index (χ4n) is 2.61. The highest BCUT2D eigenvalue weighted by Crippen LogP contribution is 2.32. The lowest BCUT2D eigenvalue weighted by Gasteiger charge is -2.18. The van der Waals surface area contributed by atoms with Crippen LogP contribution in [0.5, 0.6) is 11.5 Å². The first-order valence-electron chi connectivity index (χ1n) is 8.65. The average Bonchev–Trinajstić information content (AvgIpc) is 2.67. The summed E-state index contributed by atoms with van der Waals surface area (Å²) >= 11 is 0. The van der Waals surface area contributed by atoms with Gasteiger partial charge < -0.3 is 14.8 Å². The summed E-state index contributed by atoms with van der Waals surface area (Å²) in [5, 5.41) is 2.64. The van der Waals surface area contributed by atoms with Gasteiger partial charge in [-0.25, -0.2) is 13.1 Å². The number of fused-ring (bicyclic) bond motifs is 1. The van der Waals surface area contributed by atoms with Gasteiger partial charge in [0.15, 0.2) is 17.3 Å². The quantitative estimate of drug-likeness (QED) is 0.683. The Morgan fingerprint density at radius 1 is 1.04 bits per heavy atom. The topological polar surface area (TPSA) is 111 Å². The van der Waals surface area contributed by atoms with Crippen LogP contribution >= 0.6 is 0 Å². The molecule has 2 aromatic rings. The zero-order valence-corrected chi connectivity index (χ0v) is 16.0. The van der Waals surface area contributed by atoms with Crippen molar-refractivity contribution in [1.82, 2.24) is 4.72 Å². The molecule has 2 N–H and O–H groups in total. The minimum absolute atomic E-state index is 0.0336. The SMILES string of the molecule is CC(=O)c1cccc(NC(=O)CCNS(=O)(=O)c2ccc3c(c2)OCCO3)c1. The molecular formula is C19H20N2O6S. The first kappa shape index (κ1) is 19.8. The van der Waals surface area contributed by atoms with Crippen molar-refractivity contribution in [3.8, 4) is 11.5 Å². The second-order valence-corrected chi connectivity index (χ2v) is 7.91. The average molecular weight is 404 g/mol. The van der Waals surface area contributed by atoms with Gasteiger partial charge in [-0.2, -0.15) is 0 Å². The number of hydrogen-bond donors (Lipinski definition) is 2. The largest absolute Gasteiger partial charge is 0.486 e. The van der Waals surface area contributed by atoms with Crippen LogP contribution in [0.3, 0.4) is 0 Å². The summed E-state index contributed by atoms with van der Waals surface area (Å²) in [6.07, 6.45) is -0.0614. The maximum absolute atomic E-state index is 12.4. The van der Waals surface area contributed by atoms with E-state index < -0.39 is 10.0 Å². The van der Waals surface area contributed by atoms with Crippen LogP contribution in [0.4, 0.5) is 5.69 Å². The number of Topliss-reactive ketones (excluding diaryl/α,β-unsaturated/α-hetero) is 1. The third kappa shape index (κ3) is 4.87. The molecule has 8 nitrogen and oxygen atoms in total. The molecule has 0 atom stereocenters. The Morgan fingerprint density at radius 2 is 1.79 bits per heavy atom. The minimum Gasteiger partial charge on any atom is -0.486 e. The summed E-state index contributed by atoms with van der Waals surface area (Å²) in [4.78, 5) is 23.5. The van der Waals surface area contributed by atoms with Gasteiger partial charge >= 0.3 is 0 Å². The van der Waals surface area contributed by atoms with Gasteiger partial charge in [-0.15, -0.1) is 0 Å². The number of nitrogens with one attached hydrogen (secondary N) is 2. The molecule has 0 spiro atoms. The van der Waals surface area contributed by atoms with Crippen LogP contribution in [0.2, 0.25) is 0 Å². The van der Waals surface area contributed by atoms with Crippen molar-refractivity contribution < 1.29 is 27.5 Å². The van der Waals surface area contributed by atoms with Gasteiger partial charge in [-0.3, -0.25) is 9.59 Å². The lowest BCUT2D eigenvalue weighted by atomic mass is 10.1. The lowest BCUT2D eigenvalue weighted by molar-refractivity contribution is -0.116. The molecular weight excluding hydrogens is 384 g/mol. The van der Waals surface area contributed by atoms with Crippen LogP contribution in [0.1, 0.15) is 23.7 Å². The summed E-state index contributed by atoms with van der Waals surface area (Å²) in [7, 11) is -3.79. The predicted molar refractivity (Wildman–Crippen MR) is 102 cm³/mol. The van der Waals surface area contributed by atoms with Gasteiger partial charge in [0.05, 0.1) is 4.90 Å². The molecule has 0 bridgehead atoms. The van der Waals surface area contributed by atoms with E-state index in [1.807, 2.05) is 0 Å². The van der Waals surface area contributed by atoms with E-state index in [0.29, 0.717) is 36.0 Å². The van der Waals surface area contributed by atoms with Crippen molar-refractivity contribution in [3.05, 3.63) is 48.0 Å². The number of ketones is 1. The maximum Gasteiger partial charge on any atom is 0.240 e. The molecule has 0 fully saturated rings. The summed E-state index contributed by atoms with van der Waals surface area (Å²) < 4.78 is 37.9. The molecule has 1 heterocycles. The summed E-state index contributed by atoms with van der Waals surface area (Å²) in [5.74, 6) is 0.392. The smallest absolute Gasteiger partial charge is 0.240 e. The monoisotopic (exact) mass is 404 g/mol. The number of ether oxygens (including phenoxy) is 2. The van der Waals surface area contributed by atoms with E-state index in [0.717, 1.165) is 0 Å². The van der Waals surface area contributed by atoms with Crippen molar-refractivity contribution in [2.24, 2.45) is 0 Å². The molecule has 0 saturated carbocycles. The Labute approximate surface area is 162 Å². The van der Waals surface area contributed by atoms with Gasteiger partial charge in [0, 0.05) is 30.3 Å². The number of sulfonamides is 1. The number of carbonyl (C=O) groups is 2. The Hall–Kier alpha value is -2.91. The third-order valence-corrected chi connectivity index (χ3v) is 5.48. The molecule has 0 saturated heterocycles. The number of hydrogen-bond acceptors (Lipinski definition) is 6. The van der Waals surface area contributed by atoms with E-state index >= 15 is 0 Å². The molecule has 0 aromatic heterocycles. The number of carbonyl (C=O) groups excluding carboxylic acids is 2. The van der Waals surface area contributed by atoms with Gasteiger partial charge in [0.25, 0.3) is 0 Å². The van der Waals surface area contributed by atoms with Crippen molar-refractivity contribution >= 4 is 27.4 Å². The molecule has 2 aromatic carbocycles. The predicted octanol–water partition coefficient (Wildman–Crippen LogP) is 1.97. The van der Waals surface area contributed by atoms with E-state index in [9.17, 15) is 18.0 Å². The van der Waals surface area contributed by atoms with Crippen molar-refractivity contribution in [3.63, 3.8) is 0 Å². The Balaban J connectivity index is 1.56. The fraction of sp³-hybridized carbons (Fsp3) is 0.263. The highest BCUT2D eigenvalue weighted by Gasteiger charge is 2.19. The number of benzene rings is 2. The number of anilines is 1. The molecule has 1 aliphatic heterocycles. The number of amides is 1. The Morgan fingerprint density at radius 3 is 2.54 bits per heavy atom. The van der Waals surface area contributed by atoms with Crippen molar-refractivity contribution in [2.75, 3.05) is 25.1 Å². The fourth-order valence-corrected chi connectivity index (χ4v) is 3.66. The second kappa shape index (κ2) is 8.41. The first-order valence-corrected chi connectivity index (χ1v) is 10.1. The first-order chi connectivity index (χ1) is 13.3. The third-order valence-electron chi connectivity index (χ3n) is 4.02. The number of rotatable bonds is 7. The minimum atomic E-state index is -3.79. The molecule has 1 aliphatic rings. The van der Waals surface area contributed by atoms with Crippen LogP contribution < -0.4 is 19.5 Å². The Bertz CT molecular complexity index is 1000. The normalized spacial score (nSPS) is 13.0. The molecule has 0 unspecified atom stereocenters. The molecule has 3 rings (SSSR count). The van der Waals surface area contributed by atoms with E-state index in [4.69, 9.17) is 9.47 Å². The van der Waals surface area contributed by atoms with Crippen LogP contribution in [0, 0.1) is 0 Å². The van der Waals surface area contributed by atoms with E-state index in [1.165, 1.54) is 25.1 Å². The van der Waals surface area contributed by atoms with Crippen molar-refractivity contribution in [2.45, 2.75) is 18.2 Å². The zero-order chi connectivity index (χ0) is 20.1. The van der Waals surface area contributed by atoms with E-state index in [-0.39, 0.29) is 29.6 Å². The van der Waals surface area contributed by atoms with E-state index in [2.05, 4.69) is 10.0 Å². The van der Waals surface area contributed by atoms with Crippen LogP contribution in [-0.4, -0.2) is 39.9 Å². The lowest BCUT2D eigenvalue weighted by Crippen LogP contribution is -2.28. The Kier molecular flexibility index (Phi) is 5.96. The standard InChI is InChI=1S/C19H20N2O6S/c1-13(22)14-3-2-4-15(11-14)21-19(23)7-8-20-28(24,25)16-5-6-17-18(12-16)27-10-9-26-17/h2-6,11-12,20H,7-10H2,1H3,(H,21,23). The van der Waals surface area contributed by atoms with E-state index in [1.54, 1.807) is 24.3 Å². The molecule has 1 amide bonds. The van der Waals surface area contributed by atoms with Gasteiger partial charge in [-0.1, -0.05) is 12.1 Å². The highest BCUT2D eigenvalue weighted by molar-refractivity contribution is 7.89. The molecule has 9 heteroatoms. The van der Waals surface area contributed by atoms with Crippen LogP contribution in [0.25, 0.3) is 0 Å². The van der Waals surface area contributed by atoms with Gasteiger partial charge in [-0.05, 0) is 31.2 Å². The second-order valence-electron chi connectivity index (χ2n) is 6.14. The van der Waals surface area contributed by atoms with Gasteiger partial charge in [0.1, 0.15) is 13.2 Å². The summed E-state index contributed by atoms with van der Waals surface area (Å²) in [5.41, 5.74) is 0.963. The molecule has 0 radical (unpaired) electrons. The van der Waals surface area contributed by atoms with Gasteiger partial charge in [0.2, 0.25) is 15.9 Å². The summed E-state index contributed by atoms with van der Waals surface area (Å²) in [6.45, 7) is 2.14. The maximum atomic E-state index is 12.4. The highest BCUT2D eigenvalue weighted by atomic mass is 32.2. The molecule has 28 heavy (non-hydrogen) atoms. The van der Waals surface area contributed by atoms with Crippen LogP contribution in [0.15, 0.2) is 47.4 Å². The molecule has 0 aliphatic carbocycles. The zero-order valence-electron chi connectivity index (χ0n) is 15.2. The van der Waals surface area contributed by atoms with Crippen molar-refractivity contribution in [1.29, 1.82) is 0 Å². The summed E-state index contributed by atoms with van der Waals surface area (Å²) in [6, 6.07) is 10.9. The van der Waals surface area contributed by atoms with Crippen LogP contribution in [-0.2, 0) is 14.8 Å².